The SMILES string of the molecule is CC(C)C(C)(C)C1=NC(S)C(Br)=CN1. The molecule has 0 aromatic carbocycles. The van der Waals surface area contributed by atoms with E-state index >= 15 is 0 Å². The first kappa shape index (κ1) is 12.1. The second-order valence-corrected chi connectivity index (χ2v) is 5.81. The number of hydrogen-bond acceptors (Lipinski definition) is 3. The molecule has 0 aromatic heterocycles. The van der Waals surface area contributed by atoms with Crippen molar-refractivity contribution in [1.29, 1.82) is 0 Å². The van der Waals surface area contributed by atoms with Gasteiger partial charge in [-0.25, -0.2) is 0 Å². The van der Waals surface area contributed by atoms with Crippen LogP contribution in [0.4, 0.5) is 0 Å². The van der Waals surface area contributed by atoms with Crippen LogP contribution in [0, 0.1) is 11.3 Å². The third-order valence-electron chi connectivity index (χ3n) is 2.90. The Morgan fingerprint density at radius 2 is 2.14 bits per heavy atom. The van der Waals surface area contributed by atoms with Crippen molar-refractivity contribution < 1.29 is 0 Å². The molecule has 2 nitrogen and oxygen atoms in total. The summed E-state index contributed by atoms with van der Waals surface area (Å²) in [5, 5.41) is 3.15. The van der Waals surface area contributed by atoms with Crippen LogP contribution in [0.2, 0.25) is 0 Å². The van der Waals surface area contributed by atoms with Gasteiger partial charge >= 0.3 is 0 Å². The Bertz CT molecular complexity index is 282. The summed E-state index contributed by atoms with van der Waals surface area (Å²) in [4.78, 5) is 4.51. The maximum absolute atomic E-state index is 4.51. The normalized spacial score (nSPS) is 22.9. The smallest absolute Gasteiger partial charge is 0.127 e. The van der Waals surface area contributed by atoms with Crippen LogP contribution in [0.15, 0.2) is 15.7 Å². The summed E-state index contributed by atoms with van der Waals surface area (Å²) >= 11 is 7.77. The van der Waals surface area contributed by atoms with E-state index in [1.807, 2.05) is 6.20 Å². The van der Waals surface area contributed by atoms with Crippen LogP contribution >= 0.6 is 28.6 Å². The molecule has 0 saturated heterocycles. The third-order valence-corrected chi connectivity index (χ3v) is 4.31. The monoisotopic (exact) mass is 276 g/mol. The molecular formula is C10H17BrN2S. The molecule has 0 saturated carbocycles. The van der Waals surface area contributed by atoms with E-state index in [0.717, 1.165) is 10.3 Å². The average Bonchev–Trinajstić information content (AvgIpc) is 2.09. The largest absolute Gasteiger partial charge is 0.349 e. The molecule has 1 aliphatic heterocycles. The summed E-state index contributed by atoms with van der Waals surface area (Å²) in [5.74, 6) is 1.55. The maximum atomic E-state index is 4.51. The van der Waals surface area contributed by atoms with Crippen molar-refractivity contribution in [2.75, 3.05) is 0 Å². The van der Waals surface area contributed by atoms with Crippen molar-refractivity contribution in [3.63, 3.8) is 0 Å². The number of aliphatic imine (C=N–C) groups is 1. The van der Waals surface area contributed by atoms with Gasteiger partial charge in [0, 0.05) is 16.1 Å². The van der Waals surface area contributed by atoms with Gasteiger partial charge in [0.1, 0.15) is 11.2 Å². The standard InChI is InChI=1S/C10H17BrN2S/c1-6(2)10(3,4)9-12-5-7(11)8(14)13-9/h5-6,8,14H,1-4H3,(H,12,13). The molecular weight excluding hydrogens is 260 g/mol. The fraction of sp³-hybridized carbons (Fsp3) is 0.700. The van der Waals surface area contributed by atoms with Gasteiger partial charge in [0.25, 0.3) is 0 Å². The molecule has 0 fully saturated rings. The van der Waals surface area contributed by atoms with E-state index in [1.54, 1.807) is 0 Å². The van der Waals surface area contributed by atoms with Gasteiger partial charge in [-0.2, -0.15) is 0 Å². The molecule has 80 valence electrons. The molecule has 0 radical (unpaired) electrons. The molecule has 0 aliphatic carbocycles. The highest BCUT2D eigenvalue weighted by molar-refractivity contribution is 9.11. The average molecular weight is 277 g/mol. The van der Waals surface area contributed by atoms with Gasteiger partial charge in [0.05, 0.1) is 0 Å². The van der Waals surface area contributed by atoms with Crippen LogP contribution in [-0.4, -0.2) is 11.2 Å². The Labute approximate surface area is 99.8 Å². The number of amidine groups is 1. The zero-order chi connectivity index (χ0) is 10.9. The Balaban J connectivity index is 2.87. The molecule has 1 atom stereocenters. The van der Waals surface area contributed by atoms with Gasteiger partial charge in [-0.3, -0.25) is 4.99 Å². The number of rotatable bonds is 2. The predicted octanol–water partition coefficient (Wildman–Crippen LogP) is 3.16. The minimum atomic E-state index is -0.0655. The van der Waals surface area contributed by atoms with Crippen molar-refractivity contribution in [1.82, 2.24) is 5.32 Å². The first-order valence-electron chi connectivity index (χ1n) is 4.74. The summed E-state index contributed by atoms with van der Waals surface area (Å²) in [5.41, 5.74) is 0.0607. The quantitative estimate of drug-likeness (QED) is 0.744. The van der Waals surface area contributed by atoms with Crippen molar-refractivity contribution in [3.8, 4) is 0 Å². The maximum Gasteiger partial charge on any atom is 0.127 e. The number of nitrogens with zero attached hydrogens (tertiary/aromatic N) is 1. The van der Waals surface area contributed by atoms with E-state index in [2.05, 4.69) is 66.6 Å². The van der Waals surface area contributed by atoms with Crippen molar-refractivity contribution in [2.45, 2.75) is 33.1 Å². The molecule has 0 aromatic rings. The van der Waals surface area contributed by atoms with Gasteiger partial charge < -0.3 is 5.32 Å². The first-order valence-corrected chi connectivity index (χ1v) is 6.05. The van der Waals surface area contributed by atoms with Gasteiger partial charge in [0.15, 0.2) is 0 Å². The zero-order valence-electron chi connectivity index (χ0n) is 9.00. The lowest BCUT2D eigenvalue weighted by molar-refractivity contribution is 0.356. The van der Waals surface area contributed by atoms with Crippen LogP contribution in [0.1, 0.15) is 27.7 Å². The van der Waals surface area contributed by atoms with Crippen LogP contribution in [0.5, 0.6) is 0 Å². The molecule has 1 heterocycles. The van der Waals surface area contributed by atoms with Gasteiger partial charge in [-0.1, -0.05) is 43.6 Å². The lowest BCUT2D eigenvalue weighted by Crippen LogP contribution is -2.40. The van der Waals surface area contributed by atoms with Crippen LogP contribution in [-0.2, 0) is 0 Å². The number of thiol groups is 1. The lowest BCUT2D eigenvalue weighted by Gasteiger charge is -2.33. The van der Waals surface area contributed by atoms with Crippen LogP contribution in [0.3, 0.4) is 0 Å². The summed E-state index contributed by atoms with van der Waals surface area (Å²) < 4.78 is 0.976. The summed E-state index contributed by atoms with van der Waals surface area (Å²) in [6, 6.07) is 0. The fourth-order valence-corrected chi connectivity index (χ4v) is 1.47. The highest BCUT2D eigenvalue weighted by atomic mass is 79.9. The highest BCUT2D eigenvalue weighted by Crippen LogP contribution is 2.30. The van der Waals surface area contributed by atoms with Crippen molar-refractivity contribution in [3.05, 3.63) is 10.7 Å². The second kappa shape index (κ2) is 4.27. The van der Waals surface area contributed by atoms with Crippen molar-refractivity contribution >= 4 is 34.4 Å². The summed E-state index contributed by atoms with van der Waals surface area (Å²) in [6.07, 6.45) is 1.92. The van der Waals surface area contributed by atoms with E-state index < -0.39 is 0 Å². The number of hydrogen-bond donors (Lipinski definition) is 2. The number of halogens is 1. The van der Waals surface area contributed by atoms with E-state index in [-0.39, 0.29) is 10.8 Å². The Morgan fingerprint density at radius 3 is 2.57 bits per heavy atom. The van der Waals surface area contributed by atoms with E-state index in [0.29, 0.717) is 5.92 Å². The van der Waals surface area contributed by atoms with Crippen LogP contribution < -0.4 is 5.32 Å². The Morgan fingerprint density at radius 1 is 1.57 bits per heavy atom. The molecule has 14 heavy (non-hydrogen) atoms. The van der Waals surface area contributed by atoms with Crippen molar-refractivity contribution in [2.24, 2.45) is 16.3 Å². The van der Waals surface area contributed by atoms with Gasteiger partial charge in [-0.05, 0) is 5.92 Å². The molecule has 4 heteroatoms. The highest BCUT2D eigenvalue weighted by Gasteiger charge is 2.30. The minimum Gasteiger partial charge on any atom is -0.349 e. The molecule has 0 amide bonds. The lowest BCUT2D eigenvalue weighted by atomic mass is 9.79. The molecule has 1 unspecified atom stereocenters. The fourth-order valence-electron chi connectivity index (χ4n) is 1.06. The summed E-state index contributed by atoms with van der Waals surface area (Å²) in [6.45, 7) is 8.78. The van der Waals surface area contributed by atoms with E-state index in [1.165, 1.54) is 0 Å². The first-order chi connectivity index (χ1) is 6.35. The van der Waals surface area contributed by atoms with Gasteiger partial charge in [0.2, 0.25) is 0 Å². The summed E-state index contributed by atoms with van der Waals surface area (Å²) in [7, 11) is 0. The van der Waals surface area contributed by atoms with Crippen LogP contribution in [0.25, 0.3) is 0 Å². The molecule has 1 N–H and O–H groups in total. The molecule has 1 rings (SSSR count). The third kappa shape index (κ3) is 2.34. The molecule has 0 bridgehead atoms. The minimum absolute atomic E-state index is 0.0607. The van der Waals surface area contributed by atoms with E-state index in [4.69, 9.17) is 0 Å². The molecule has 0 spiro atoms. The molecule has 1 aliphatic rings. The second-order valence-electron chi connectivity index (χ2n) is 4.40. The zero-order valence-corrected chi connectivity index (χ0v) is 11.5. The van der Waals surface area contributed by atoms with E-state index in [9.17, 15) is 0 Å². The Kier molecular flexibility index (Phi) is 3.69. The number of nitrogens with one attached hydrogen (secondary N) is 1. The van der Waals surface area contributed by atoms with Gasteiger partial charge in [-0.15, -0.1) is 12.6 Å². The predicted molar refractivity (Wildman–Crippen MR) is 69.0 cm³/mol. The topological polar surface area (TPSA) is 24.4 Å². The Hall–Kier alpha value is 0.0400.